The normalized spacial score (nSPS) is 26.2. The average molecular weight is 1440 g/mol. The maximum atomic E-state index is 12.9. The lowest BCUT2D eigenvalue weighted by atomic mass is 9.90. The van der Waals surface area contributed by atoms with Crippen LogP contribution < -0.4 is 31.9 Å². The number of aliphatic hydroxyl groups is 3. The van der Waals surface area contributed by atoms with E-state index in [0.717, 1.165) is 258 Å². The predicted molar refractivity (Wildman–Crippen MR) is 416 cm³/mol. The van der Waals surface area contributed by atoms with Crippen molar-refractivity contribution in [2.75, 3.05) is 131 Å². The lowest BCUT2D eigenvalue weighted by Crippen LogP contribution is -2.32. The minimum absolute atomic E-state index is 0.0211. The molecule has 3 aliphatic carbocycles. The third kappa shape index (κ3) is 17.1. The first kappa shape index (κ1) is 75.3. The van der Waals surface area contributed by atoms with E-state index in [0.29, 0.717) is 35.5 Å². The molecule has 2 unspecified atom stereocenters. The number of nitrogens with one attached hydrogen (secondary N) is 6. The van der Waals surface area contributed by atoms with Crippen molar-refractivity contribution in [2.24, 2.45) is 35.5 Å². The van der Waals surface area contributed by atoms with Crippen LogP contribution in [0.3, 0.4) is 0 Å². The molecule has 9 heterocycles. The van der Waals surface area contributed by atoms with E-state index in [1.165, 1.54) is 0 Å². The van der Waals surface area contributed by atoms with Gasteiger partial charge in [0, 0.05) is 111 Å². The summed E-state index contributed by atoms with van der Waals surface area (Å²) in [6.45, 7) is 28.5. The van der Waals surface area contributed by atoms with Gasteiger partial charge in [-0.1, -0.05) is 58.2 Å². The zero-order valence-electron chi connectivity index (χ0n) is 63.4. The number of aliphatic hydroxyl groups excluding tert-OH is 3. The lowest BCUT2D eigenvalue weighted by Gasteiger charge is -2.24. The molecular weight excluding hydrogens is 1320 g/mol. The molecule has 0 bridgehead atoms. The fraction of sp³-hybridized carbons (Fsp3) is 0.571. The summed E-state index contributed by atoms with van der Waals surface area (Å²) in [6, 6.07) is 30.9. The third-order valence-corrected chi connectivity index (χ3v) is 24.6. The van der Waals surface area contributed by atoms with Crippen LogP contribution in [0.2, 0.25) is 0 Å². The van der Waals surface area contributed by atoms with E-state index in [1.807, 2.05) is 53.7 Å². The molecule has 6 saturated heterocycles. The predicted octanol–water partition coefficient (Wildman–Crippen LogP) is 14.4. The van der Waals surface area contributed by atoms with Gasteiger partial charge in [-0.15, -0.1) is 0 Å². The van der Waals surface area contributed by atoms with Crippen LogP contribution in [0.5, 0.6) is 0 Å². The fourth-order valence-corrected chi connectivity index (χ4v) is 17.1. The Morgan fingerprint density at radius 3 is 0.981 bits per heavy atom. The van der Waals surface area contributed by atoms with Crippen LogP contribution in [0.15, 0.2) is 91.0 Å². The van der Waals surface area contributed by atoms with Gasteiger partial charge in [0.05, 0.1) is 56.7 Å². The highest BCUT2D eigenvalue weighted by atomic mass is 16.5. The monoisotopic (exact) mass is 1430 g/mol. The summed E-state index contributed by atoms with van der Waals surface area (Å²) in [6.07, 6.45) is 12.9. The smallest absolute Gasteiger partial charge is 0.321 e. The van der Waals surface area contributed by atoms with Crippen molar-refractivity contribution in [2.45, 2.75) is 174 Å². The molecule has 21 nitrogen and oxygen atoms in total. The quantitative estimate of drug-likeness (QED) is 0.0325. The van der Waals surface area contributed by atoms with E-state index in [4.69, 9.17) is 29.2 Å². The van der Waals surface area contributed by atoms with Crippen LogP contribution in [0.4, 0.5) is 48.9 Å². The molecule has 3 aromatic carbocycles. The van der Waals surface area contributed by atoms with Gasteiger partial charge in [-0.3, -0.25) is 0 Å². The van der Waals surface area contributed by atoms with Gasteiger partial charge in [0.1, 0.15) is 17.5 Å². The number of pyridine rings is 3. The number of carbonyl (C=O) groups is 3. The summed E-state index contributed by atoms with van der Waals surface area (Å²) < 4.78 is 17.1. The molecule has 0 spiro atoms. The first-order valence-corrected chi connectivity index (χ1v) is 39.2. The first-order valence-electron chi connectivity index (χ1n) is 39.2. The zero-order valence-corrected chi connectivity index (χ0v) is 63.4. The SMILES string of the molecule is CC[C@@H]1CCN(C(=O)Nc2ccc(C)c(-c3cc(N[C@H](C)CO)nc(C45CCOCC4C5)c3)c2)C1.CC[C@@H]1CCN(C(=O)Nc2ccc(C)c(-c3cc(N[C@H](C)CO)nc([C@@]45CCOC[C@@H]4C5)c3)c2)C1.CC[C@@H]1CCN(C(=O)Nc2ccc(C)c(-c3cc(N[C@H](C)CO)nc([C@]45CCOC[C@H]4C5)c3)c2)C1. The number of hydrogen-bond acceptors (Lipinski definition) is 15. The highest BCUT2D eigenvalue weighted by molar-refractivity contribution is 5.93. The Hall–Kier alpha value is -7.92. The number of rotatable bonds is 21. The Balaban J connectivity index is 0.000000140. The molecular formula is C84H114N12O9. The van der Waals surface area contributed by atoms with E-state index >= 15 is 0 Å². The number of ether oxygens (including phenoxy) is 3. The molecule has 21 heteroatoms. The molecule has 0 radical (unpaired) electrons. The van der Waals surface area contributed by atoms with Crippen molar-refractivity contribution < 1.29 is 43.9 Å². The Labute approximate surface area is 621 Å². The summed E-state index contributed by atoms with van der Waals surface area (Å²) in [5.74, 6) is 5.74. The number of carbonyl (C=O) groups excluding carboxylic acids is 3. The molecule has 105 heavy (non-hydrogen) atoms. The Morgan fingerprint density at radius 2 is 0.733 bits per heavy atom. The molecule has 15 rings (SSSR count). The molecule has 9 aliphatic rings. The second-order valence-electron chi connectivity index (χ2n) is 32.1. The van der Waals surface area contributed by atoms with Gasteiger partial charge >= 0.3 is 18.1 Å². The second kappa shape index (κ2) is 32.7. The molecule has 9 N–H and O–H groups in total. The highest BCUT2D eigenvalue weighted by Gasteiger charge is 2.60. The van der Waals surface area contributed by atoms with Crippen LogP contribution in [-0.4, -0.2) is 180 Å². The number of urea groups is 3. The number of amides is 6. The van der Waals surface area contributed by atoms with Crippen molar-refractivity contribution in [3.05, 3.63) is 125 Å². The summed E-state index contributed by atoms with van der Waals surface area (Å²) in [7, 11) is 0. The van der Waals surface area contributed by atoms with Crippen LogP contribution in [0, 0.1) is 56.3 Å². The van der Waals surface area contributed by atoms with Gasteiger partial charge in [0.15, 0.2) is 0 Å². The minimum atomic E-state index is -0.0908. The summed E-state index contributed by atoms with van der Waals surface area (Å²) >= 11 is 0. The molecule has 564 valence electrons. The van der Waals surface area contributed by atoms with Gasteiger partial charge in [-0.25, -0.2) is 29.3 Å². The number of benzene rings is 3. The van der Waals surface area contributed by atoms with Crippen LogP contribution in [-0.2, 0) is 30.5 Å². The molecule has 6 aliphatic heterocycles. The van der Waals surface area contributed by atoms with Gasteiger partial charge in [0.2, 0.25) is 0 Å². The van der Waals surface area contributed by atoms with Crippen molar-refractivity contribution in [3.8, 4) is 33.4 Å². The zero-order chi connectivity index (χ0) is 73.7. The minimum Gasteiger partial charge on any atom is -0.394 e. The summed E-state index contributed by atoms with van der Waals surface area (Å²) in [5.41, 5.74) is 15.9. The fourth-order valence-electron chi connectivity index (χ4n) is 17.1. The Morgan fingerprint density at radius 1 is 0.448 bits per heavy atom. The molecule has 3 aromatic heterocycles. The van der Waals surface area contributed by atoms with Gasteiger partial charge in [-0.2, -0.15) is 0 Å². The third-order valence-electron chi connectivity index (χ3n) is 24.6. The van der Waals surface area contributed by atoms with Gasteiger partial charge in [0.25, 0.3) is 0 Å². The molecule has 12 atom stereocenters. The van der Waals surface area contributed by atoms with E-state index in [1.54, 1.807) is 0 Å². The number of hydrogen-bond donors (Lipinski definition) is 9. The van der Waals surface area contributed by atoms with Crippen LogP contribution >= 0.6 is 0 Å². The number of likely N-dealkylation sites (tertiary alicyclic amines) is 3. The van der Waals surface area contributed by atoms with E-state index in [-0.39, 0.29) is 72.3 Å². The number of nitrogens with zero attached hydrogens (tertiary/aromatic N) is 6. The second-order valence-corrected chi connectivity index (χ2v) is 32.1. The Kier molecular flexibility index (Phi) is 23.4. The van der Waals surface area contributed by atoms with Crippen LogP contribution in [0.25, 0.3) is 33.4 Å². The molecule has 3 saturated carbocycles. The topological polar surface area (TPSA) is 260 Å². The lowest BCUT2D eigenvalue weighted by molar-refractivity contribution is 0.0794. The van der Waals surface area contributed by atoms with Crippen LogP contribution in [0.1, 0.15) is 152 Å². The maximum absolute atomic E-state index is 12.9. The van der Waals surface area contributed by atoms with E-state index < -0.39 is 0 Å². The number of aromatic nitrogens is 3. The van der Waals surface area contributed by atoms with Crippen molar-refractivity contribution in [3.63, 3.8) is 0 Å². The summed E-state index contributed by atoms with van der Waals surface area (Å²) in [5, 5.41) is 48.2. The summed E-state index contributed by atoms with van der Waals surface area (Å²) in [4.78, 5) is 59.4. The van der Waals surface area contributed by atoms with Gasteiger partial charge < -0.3 is 76.1 Å². The molecule has 9 fully saturated rings. The van der Waals surface area contributed by atoms with E-state index in [9.17, 15) is 29.7 Å². The number of fused-ring (bicyclic) bond motifs is 3. The van der Waals surface area contributed by atoms with Crippen molar-refractivity contribution >= 4 is 52.6 Å². The maximum Gasteiger partial charge on any atom is 0.321 e. The molecule has 6 amide bonds. The first-order chi connectivity index (χ1) is 50.7. The number of aryl methyl sites for hydroxylation is 3. The van der Waals surface area contributed by atoms with Crippen molar-refractivity contribution in [1.82, 2.24) is 29.7 Å². The Bertz CT molecular complexity index is 3680. The highest BCUT2D eigenvalue weighted by Crippen LogP contribution is 2.61. The van der Waals surface area contributed by atoms with Gasteiger partial charge in [-0.05, 0) is 258 Å². The van der Waals surface area contributed by atoms with E-state index in [2.05, 4.69) is 146 Å². The average Bonchev–Trinajstić information content (AvgIpc) is 1.58. The largest absolute Gasteiger partial charge is 0.394 e. The molecule has 6 aromatic rings. The van der Waals surface area contributed by atoms with Crippen molar-refractivity contribution in [1.29, 1.82) is 0 Å². The number of anilines is 6. The standard InChI is InChI=1S/3C28H38N4O3/c3*1-4-20-7-9-32(15-20)27(34)30-23-6-5-18(2)24(13-23)21-11-25(28-8-10-35-17-22(28)14-28)31-26(12-21)29-19(3)16-33/h3*5-6,11-13,19-20,22,33H,4,7-10,14-17H2,1-3H3,(H,29,31)(H,30,34)/t19-,20-,22?,28?;19-,20-,22+,28-;19-,20-,22-,28+/m111/s1.